The molecule has 2 aromatic heterocycles. The molecule has 0 aliphatic carbocycles. The Bertz CT molecular complexity index is 497. The smallest absolute Gasteiger partial charge is 0.151 e. The fourth-order valence-electron chi connectivity index (χ4n) is 1.72. The predicted octanol–water partition coefficient (Wildman–Crippen LogP) is 2.85. The fourth-order valence-corrected chi connectivity index (χ4v) is 3.25. The standard InChI is InChI=1S/C12H16BrN3OS/c1-14-5-10-4-11(17-15-10)6-16(2)7-12-3-9(13)8-18-12/h3-4,8,14H,5-7H2,1-2H3. The summed E-state index contributed by atoms with van der Waals surface area (Å²) in [6, 6.07) is 4.14. The summed E-state index contributed by atoms with van der Waals surface area (Å²) in [6.07, 6.45) is 0. The molecule has 1 N–H and O–H groups in total. The van der Waals surface area contributed by atoms with Gasteiger partial charge in [0.1, 0.15) is 0 Å². The maximum atomic E-state index is 5.29. The van der Waals surface area contributed by atoms with E-state index in [0.29, 0.717) is 0 Å². The predicted molar refractivity (Wildman–Crippen MR) is 76.5 cm³/mol. The highest BCUT2D eigenvalue weighted by atomic mass is 79.9. The van der Waals surface area contributed by atoms with Crippen LogP contribution < -0.4 is 5.32 Å². The van der Waals surface area contributed by atoms with E-state index in [2.05, 4.69) is 49.8 Å². The van der Waals surface area contributed by atoms with Gasteiger partial charge in [0.25, 0.3) is 0 Å². The van der Waals surface area contributed by atoms with Crippen molar-refractivity contribution in [1.29, 1.82) is 0 Å². The number of hydrogen-bond acceptors (Lipinski definition) is 5. The highest BCUT2D eigenvalue weighted by Gasteiger charge is 2.08. The van der Waals surface area contributed by atoms with Crippen molar-refractivity contribution in [3.63, 3.8) is 0 Å². The van der Waals surface area contributed by atoms with Crippen molar-refractivity contribution in [1.82, 2.24) is 15.4 Å². The van der Waals surface area contributed by atoms with Crippen LogP contribution in [0.1, 0.15) is 16.3 Å². The number of nitrogens with zero attached hydrogens (tertiary/aromatic N) is 2. The molecular weight excluding hydrogens is 314 g/mol. The second-order valence-corrected chi connectivity index (χ2v) is 6.13. The van der Waals surface area contributed by atoms with Crippen molar-refractivity contribution in [2.45, 2.75) is 19.6 Å². The normalized spacial score (nSPS) is 11.3. The number of thiophene rings is 1. The molecule has 0 fully saturated rings. The first-order valence-corrected chi connectivity index (χ1v) is 7.35. The highest BCUT2D eigenvalue weighted by Crippen LogP contribution is 2.21. The van der Waals surface area contributed by atoms with Gasteiger partial charge in [-0.05, 0) is 36.1 Å². The Labute approximate surface area is 119 Å². The Morgan fingerprint density at radius 2 is 2.28 bits per heavy atom. The van der Waals surface area contributed by atoms with E-state index < -0.39 is 0 Å². The lowest BCUT2D eigenvalue weighted by Crippen LogP contribution is -2.16. The van der Waals surface area contributed by atoms with Crippen molar-refractivity contribution in [2.75, 3.05) is 14.1 Å². The molecule has 2 rings (SSSR count). The van der Waals surface area contributed by atoms with E-state index in [9.17, 15) is 0 Å². The van der Waals surface area contributed by atoms with Crippen molar-refractivity contribution in [2.24, 2.45) is 0 Å². The molecule has 2 aromatic rings. The summed E-state index contributed by atoms with van der Waals surface area (Å²) in [5, 5.41) is 9.15. The Kier molecular flexibility index (Phi) is 4.94. The lowest BCUT2D eigenvalue weighted by Gasteiger charge is -2.12. The molecule has 0 amide bonds. The molecule has 0 atom stereocenters. The maximum Gasteiger partial charge on any atom is 0.151 e. The summed E-state index contributed by atoms with van der Waals surface area (Å²) in [7, 11) is 3.98. The molecule has 0 unspecified atom stereocenters. The molecule has 0 aliphatic rings. The van der Waals surface area contributed by atoms with Crippen LogP contribution in [0.2, 0.25) is 0 Å². The summed E-state index contributed by atoms with van der Waals surface area (Å²) in [5.74, 6) is 0.901. The Balaban J connectivity index is 1.88. The quantitative estimate of drug-likeness (QED) is 0.884. The van der Waals surface area contributed by atoms with Crippen LogP contribution in [0.3, 0.4) is 0 Å². The van der Waals surface area contributed by atoms with E-state index in [-0.39, 0.29) is 0 Å². The number of rotatable bonds is 6. The van der Waals surface area contributed by atoms with Gasteiger partial charge in [-0.2, -0.15) is 0 Å². The zero-order valence-electron chi connectivity index (χ0n) is 10.4. The largest absolute Gasteiger partial charge is 0.360 e. The summed E-state index contributed by atoms with van der Waals surface area (Å²) in [4.78, 5) is 3.54. The van der Waals surface area contributed by atoms with Crippen LogP contribution >= 0.6 is 27.3 Å². The van der Waals surface area contributed by atoms with Crippen LogP contribution in [0.4, 0.5) is 0 Å². The molecule has 0 spiro atoms. The van der Waals surface area contributed by atoms with Gasteiger partial charge >= 0.3 is 0 Å². The van der Waals surface area contributed by atoms with Crippen LogP contribution in [-0.4, -0.2) is 24.2 Å². The maximum absolute atomic E-state index is 5.29. The van der Waals surface area contributed by atoms with Gasteiger partial charge in [-0.15, -0.1) is 11.3 Å². The van der Waals surface area contributed by atoms with Gasteiger partial charge < -0.3 is 9.84 Å². The van der Waals surface area contributed by atoms with Crippen LogP contribution in [0.15, 0.2) is 26.5 Å². The average molecular weight is 330 g/mol. The van der Waals surface area contributed by atoms with Crippen molar-refractivity contribution >= 4 is 27.3 Å². The molecule has 0 bridgehead atoms. The minimum absolute atomic E-state index is 0.741. The molecule has 0 saturated heterocycles. The van der Waals surface area contributed by atoms with Gasteiger partial charge in [-0.25, -0.2) is 0 Å². The van der Waals surface area contributed by atoms with E-state index in [1.54, 1.807) is 11.3 Å². The summed E-state index contributed by atoms with van der Waals surface area (Å²) >= 11 is 5.22. The molecule has 98 valence electrons. The molecule has 0 aromatic carbocycles. The summed E-state index contributed by atoms with van der Waals surface area (Å²) < 4.78 is 6.44. The van der Waals surface area contributed by atoms with Crippen molar-refractivity contribution in [3.8, 4) is 0 Å². The first-order chi connectivity index (χ1) is 8.67. The van der Waals surface area contributed by atoms with Gasteiger partial charge in [0.05, 0.1) is 12.2 Å². The fraction of sp³-hybridized carbons (Fsp3) is 0.417. The van der Waals surface area contributed by atoms with Gasteiger partial charge in [-0.3, -0.25) is 4.90 Å². The topological polar surface area (TPSA) is 41.3 Å². The first kappa shape index (κ1) is 13.7. The third-order valence-corrected chi connectivity index (χ3v) is 4.12. The Morgan fingerprint density at radius 1 is 1.44 bits per heavy atom. The third kappa shape index (κ3) is 3.91. The number of halogens is 1. The van der Waals surface area contributed by atoms with Crippen molar-refractivity contribution < 1.29 is 4.52 Å². The third-order valence-electron chi connectivity index (χ3n) is 2.44. The van der Waals surface area contributed by atoms with Crippen LogP contribution in [-0.2, 0) is 19.6 Å². The molecule has 2 heterocycles. The van der Waals surface area contributed by atoms with E-state index in [1.165, 1.54) is 4.88 Å². The van der Waals surface area contributed by atoms with Gasteiger partial charge in [0, 0.05) is 33.9 Å². The van der Waals surface area contributed by atoms with Gasteiger partial charge in [0.15, 0.2) is 5.76 Å². The highest BCUT2D eigenvalue weighted by molar-refractivity contribution is 9.10. The summed E-state index contributed by atoms with van der Waals surface area (Å²) in [5.41, 5.74) is 0.944. The lowest BCUT2D eigenvalue weighted by molar-refractivity contribution is 0.267. The van der Waals surface area contributed by atoms with E-state index in [1.807, 2.05) is 13.1 Å². The van der Waals surface area contributed by atoms with Crippen LogP contribution in [0, 0.1) is 0 Å². The second-order valence-electron chi connectivity index (χ2n) is 4.22. The second kappa shape index (κ2) is 6.47. The van der Waals surface area contributed by atoms with E-state index in [4.69, 9.17) is 4.52 Å². The van der Waals surface area contributed by atoms with E-state index in [0.717, 1.165) is 35.6 Å². The molecule has 0 aliphatic heterocycles. The minimum Gasteiger partial charge on any atom is -0.360 e. The molecular formula is C12H16BrN3OS. The monoisotopic (exact) mass is 329 g/mol. The zero-order valence-corrected chi connectivity index (χ0v) is 12.8. The van der Waals surface area contributed by atoms with Crippen LogP contribution in [0.5, 0.6) is 0 Å². The Morgan fingerprint density at radius 3 is 2.94 bits per heavy atom. The minimum atomic E-state index is 0.741. The van der Waals surface area contributed by atoms with Gasteiger partial charge in [0.2, 0.25) is 0 Å². The average Bonchev–Trinajstić information content (AvgIpc) is 2.89. The number of hydrogen-bond donors (Lipinski definition) is 1. The number of nitrogens with one attached hydrogen (secondary N) is 1. The van der Waals surface area contributed by atoms with Gasteiger partial charge in [-0.1, -0.05) is 5.16 Å². The molecule has 18 heavy (non-hydrogen) atoms. The van der Waals surface area contributed by atoms with Crippen LogP contribution in [0.25, 0.3) is 0 Å². The lowest BCUT2D eigenvalue weighted by atomic mass is 10.3. The first-order valence-electron chi connectivity index (χ1n) is 5.68. The summed E-state index contributed by atoms with van der Waals surface area (Å²) in [6.45, 7) is 2.43. The van der Waals surface area contributed by atoms with E-state index >= 15 is 0 Å². The Hall–Kier alpha value is -0.690. The SMILES string of the molecule is CNCc1cc(CN(C)Cc2cc(Br)cs2)on1. The number of aromatic nitrogens is 1. The molecule has 0 saturated carbocycles. The molecule has 6 heteroatoms. The zero-order chi connectivity index (χ0) is 13.0. The van der Waals surface area contributed by atoms with Crippen molar-refractivity contribution in [3.05, 3.63) is 38.3 Å². The molecule has 0 radical (unpaired) electrons. The molecule has 4 nitrogen and oxygen atoms in total.